The fourth-order valence-electron chi connectivity index (χ4n) is 0.715. The Balaban J connectivity index is 2.65. The van der Waals surface area contributed by atoms with Gasteiger partial charge in [0, 0.05) is 17.7 Å². The summed E-state index contributed by atoms with van der Waals surface area (Å²) < 4.78 is 9.59. The average Bonchev–Trinajstić information content (AvgIpc) is 2.16. The molecule has 0 amide bonds. The lowest BCUT2D eigenvalue weighted by Crippen LogP contribution is -1.98. The fraction of sp³-hybridized carbons (Fsp3) is 0.222. The zero-order chi connectivity index (χ0) is 9.52. The van der Waals surface area contributed by atoms with Crippen molar-refractivity contribution in [1.29, 1.82) is 0 Å². The molecule has 1 aromatic carbocycles. The number of rotatable bonds is 2. The lowest BCUT2D eigenvalue weighted by molar-refractivity contribution is 0.577. The van der Waals surface area contributed by atoms with Gasteiger partial charge in [-0.2, -0.15) is 0 Å². The van der Waals surface area contributed by atoms with Crippen LogP contribution in [0.3, 0.4) is 0 Å². The van der Waals surface area contributed by atoms with Crippen LogP contribution in [0.2, 0.25) is 0 Å². The largest absolute Gasteiger partial charge is 0.435 e. The van der Waals surface area contributed by atoms with Gasteiger partial charge in [-0.3, -0.25) is 0 Å². The Hall–Kier alpha value is -0.800. The predicted octanol–water partition coefficient (Wildman–Crippen LogP) is 2.68. The summed E-state index contributed by atoms with van der Waals surface area (Å²) in [6, 6.07) is 9.39. The number of hydrogen-bond acceptors (Lipinski definition) is 2. The SMILES string of the molecule is CCN=S=C(Cl)Oc1ccccc1. The molecule has 0 aliphatic heterocycles. The van der Waals surface area contributed by atoms with Gasteiger partial charge in [-0.15, -0.1) is 0 Å². The van der Waals surface area contributed by atoms with Gasteiger partial charge < -0.3 is 4.74 Å². The monoisotopic (exact) mass is 215 g/mol. The van der Waals surface area contributed by atoms with Crippen LogP contribution >= 0.6 is 11.6 Å². The Morgan fingerprint density at radius 3 is 2.77 bits per heavy atom. The number of hydrogen-bond donors (Lipinski definition) is 0. The summed E-state index contributed by atoms with van der Waals surface area (Å²) in [4.78, 5) is 0. The molecule has 0 saturated heterocycles. The number of halogens is 1. The zero-order valence-corrected chi connectivity index (χ0v) is 8.81. The van der Waals surface area contributed by atoms with Crippen LogP contribution in [0.25, 0.3) is 0 Å². The molecule has 0 saturated carbocycles. The van der Waals surface area contributed by atoms with Crippen molar-refractivity contribution < 1.29 is 4.74 Å². The van der Waals surface area contributed by atoms with Crippen LogP contribution in [0.15, 0.2) is 34.7 Å². The molecule has 0 unspecified atom stereocenters. The summed E-state index contributed by atoms with van der Waals surface area (Å²) in [7, 11) is 0. The summed E-state index contributed by atoms with van der Waals surface area (Å²) >= 11 is 6.91. The Labute approximate surface area is 86.2 Å². The maximum atomic E-state index is 5.76. The standard InChI is InChI=1S/C9H10ClNOS/c1-2-11-13-9(10)12-8-6-4-3-5-7-8/h3-7H,2H2,1H3. The molecule has 0 aromatic heterocycles. The van der Waals surface area contributed by atoms with Crippen molar-refractivity contribution in [3.05, 3.63) is 30.3 Å². The van der Waals surface area contributed by atoms with Gasteiger partial charge in [0.25, 0.3) is 4.51 Å². The molecule has 0 atom stereocenters. The first-order valence-electron chi connectivity index (χ1n) is 3.92. The van der Waals surface area contributed by atoms with E-state index in [1.54, 1.807) is 0 Å². The van der Waals surface area contributed by atoms with Crippen molar-refractivity contribution in [1.82, 2.24) is 0 Å². The van der Waals surface area contributed by atoms with Gasteiger partial charge in [-0.05, 0) is 30.7 Å². The lowest BCUT2D eigenvalue weighted by atomic mass is 10.3. The molecule has 0 radical (unpaired) electrons. The smallest absolute Gasteiger partial charge is 0.268 e. The molecule has 0 aliphatic carbocycles. The molecular weight excluding hydrogens is 206 g/mol. The molecule has 13 heavy (non-hydrogen) atoms. The normalized spacial score (nSPS) is 9.08. The molecule has 0 fully saturated rings. The van der Waals surface area contributed by atoms with E-state index in [9.17, 15) is 0 Å². The van der Waals surface area contributed by atoms with Crippen molar-refractivity contribution in [2.24, 2.45) is 4.36 Å². The van der Waals surface area contributed by atoms with Crippen LogP contribution in [0, 0.1) is 0 Å². The third-order valence-corrected chi connectivity index (χ3v) is 2.11. The van der Waals surface area contributed by atoms with Gasteiger partial charge >= 0.3 is 0 Å². The van der Waals surface area contributed by atoms with Crippen LogP contribution in [-0.4, -0.2) is 11.1 Å². The zero-order valence-electron chi connectivity index (χ0n) is 7.24. The lowest BCUT2D eigenvalue weighted by Gasteiger charge is -1.99. The maximum Gasteiger partial charge on any atom is 0.268 e. The van der Waals surface area contributed by atoms with E-state index in [-0.39, 0.29) is 0 Å². The van der Waals surface area contributed by atoms with E-state index in [2.05, 4.69) is 4.36 Å². The second kappa shape index (κ2) is 5.78. The van der Waals surface area contributed by atoms with Gasteiger partial charge in [-0.25, -0.2) is 4.36 Å². The van der Waals surface area contributed by atoms with E-state index < -0.39 is 0 Å². The first-order chi connectivity index (χ1) is 6.33. The summed E-state index contributed by atoms with van der Waals surface area (Å²) in [5, 5.41) is 0. The number of ether oxygens (including phenoxy) is 1. The van der Waals surface area contributed by atoms with E-state index in [1.807, 2.05) is 37.3 Å². The molecule has 4 heteroatoms. The highest BCUT2D eigenvalue weighted by molar-refractivity contribution is 7.71. The third kappa shape index (κ3) is 4.10. The number of benzene rings is 1. The van der Waals surface area contributed by atoms with Crippen LogP contribution in [0.5, 0.6) is 5.75 Å². The van der Waals surface area contributed by atoms with Crippen molar-refractivity contribution in [2.45, 2.75) is 6.92 Å². The van der Waals surface area contributed by atoms with Crippen LogP contribution in [-0.2, 0) is 11.1 Å². The molecule has 1 rings (SSSR count). The second-order valence-electron chi connectivity index (χ2n) is 2.19. The highest BCUT2D eigenvalue weighted by Crippen LogP contribution is 2.09. The predicted molar refractivity (Wildman–Crippen MR) is 58.3 cm³/mol. The number of nitrogens with zero attached hydrogens (tertiary/aromatic N) is 1. The molecule has 1 aromatic rings. The first kappa shape index (κ1) is 10.3. The quantitative estimate of drug-likeness (QED) is 0.549. The van der Waals surface area contributed by atoms with E-state index in [0.29, 0.717) is 4.51 Å². The van der Waals surface area contributed by atoms with Crippen LogP contribution in [0.4, 0.5) is 0 Å². The molecular formula is C9H10ClNOS. The van der Waals surface area contributed by atoms with E-state index in [0.717, 1.165) is 23.4 Å². The Bertz CT molecular complexity index is 320. The minimum absolute atomic E-state index is 0.327. The molecule has 0 N–H and O–H groups in total. The van der Waals surface area contributed by atoms with Gasteiger partial charge in [0.1, 0.15) is 5.75 Å². The molecule has 0 bridgehead atoms. The minimum Gasteiger partial charge on any atom is -0.435 e. The van der Waals surface area contributed by atoms with Crippen molar-refractivity contribution in [3.8, 4) is 5.75 Å². The highest BCUT2D eigenvalue weighted by atomic mass is 35.5. The van der Waals surface area contributed by atoms with Gasteiger partial charge in [0.15, 0.2) is 0 Å². The highest BCUT2D eigenvalue weighted by Gasteiger charge is 1.93. The minimum atomic E-state index is 0.327. The van der Waals surface area contributed by atoms with Gasteiger partial charge in [0.2, 0.25) is 0 Å². The Morgan fingerprint density at radius 1 is 1.46 bits per heavy atom. The van der Waals surface area contributed by atoms with Crippen LogP contribution < -0.4 is 4.74 Å². The topological polar surface area (TPSA) is 21.6 Å². The van der Waals surface area contributed by atoms with Crippen molar-refractivity contribution in [3.63, 3.8) is 0 Å². The fourth-order valence-corrected chi connectivity index (χ4v) is 1.31. The Morgan fingerprint density at radius 2 is 2.15 bits per heavy atom. The molecule has 2 nitrogen and oxygen atoms in total. The van der Waals surface area contributed by atoms with E-state index in [1.165, 1.54) is 0 Å². The van der Waals surface area contributed by atoms with Gasteiger partial charge in [0.05, 0.1) is 0 Å². The van der Waals surface area contributed by atoms with Crippen LogP contribution in [0.1, 0.15) is 6.92 Å². The van der Waals surface area contributed by atoms with Gasteiger partial charge in [-0.1, -0.05) is 18.2 Å². The van der Waals surface area contributed by atoms with E-state index in [4.69, 9.17) is 16.3 Å². The molecule has 0 spiro atoms. The Kier molecular flexibility index (Phi) is 4.57. The summed E-state index contributed by atoms with van der Waals surface area (Å²) in [5.41, 5.74) is 0. The average molecular weight is 216 g/mol. The maximum absolute atomic E-state index is 5.76. The van der Waals surface area contributed by atoms with Crippen molar-refractivity contribution in [2.75, 3.05) is 6.54 Å². The molecule has 0 heterocycles. The molecule has 70 valence electrons. The van der Waals surface area contributed by atoms with Crippen molar-refractivity contribution >= 4 is 27.3 Å². The number of para-hydroxylation sites is 1. The summed E-state index contributed by atoms with van der Waals surface area (Å²) in [5.74, 6) is 0.728. The van der Waals surface area contributed by atoms with E-state index >= 15 is 0 Å². The third-order valence-electron chi connectivity index (χ3n) is 1.21. The first-order valence-corrected chi connectivity index (χ1v) is 5.07. The summed E-state index contributed by atoms with van der Waals surface area (Å²) in [6.45, 7) is 2.67. The molecule has 0 aliphatic rings. The second-order valence-corrected chi connectivity index (χ2v) is 3.57. The summed E-state index contributed by atoms with van der Waals surface area (Å²) in [6.07, 6.45) is 0.